The third-order valence-corrected chi connectivity index (χ3v) is 7.68. The van der Waals surface area contributed by atoms with Gasteiger partial charge in [0.1, 0.15) is 6.04 Å². The minimum atomic E-state index is -3.25. The van der Waals surface area contributed by atoms with Gasteiger partial charge in [-0.05, 0) is 48.1 Å². The van der Waals surface area contributed by atoms with Crippen LogP contribution in [0.1, 0.15) is 37.7 Å². The van der Waals surface area contributed by atoms with Crippen LogP contribution in [0.3, 0.4) is 0 Å². The predicted octanol–water partition coefficient (Wildman–Crippen LogP) is 3.40. The Kier molecular flexibility index (Phi) is 7.71. The van der Waals surface area contributed by atoms with Crippen LogP contribution in [0, 0.1) is 11.3 Å². The molecule has 9 heteroatoms. The summed E-state index contributed by atoms with van der Waals surface area (Å²) in [6.45, 7) is 2.03. The van der Waals surface area contributed by atoms with E-state index in [2.05, 4.69) is 11.4 Å². The summed E-state index contributed by atoms with van der Waals surface area (Å²) in [5.74, 6) is -0.916. The Labute approximate surface area is 193 Å². The molecule has 0 saturated carbocycles. The number of likely N-dealkylation sites (tertiary alicyclic amines) is 1. The lowest BCUT2D eigenvalue weighted by Crippen LogP contribution is -2.52. The highest BCUT2D eigenvalue weighted by molar-refractivity contribution is 7.91. The first kappa shape index (κ1) is 24.3. The number of sulfone groups is 1. The Morgan fingerprint density at radius 2 is 1.73 bits per heavy atom. The van der Waals surface area contributed by atoms with Crippen molar-refractivity contribution in [2.45, 2.75) is 43.0 Å². The van der Waals surface area contributed by atoms with Crippen molar-refractivity contribution < 1.29 is 23.1 Å². The molecule has 2 aromatic rings. The standard InChI is InChI=1S/C24H27N3O5S/c1-2-33(31,32)21-12-10-18(11-13-21)17-6-8-19(9-7-17)20(15-25)16-26-23(28)22-5-3-4-14-27(22)24(29)30/h6-13,20,22H,2-5,14,16H2,1H3,(H,26,28)(H,29,30)/t20-,22?/m0/s1. The molecule has 0 bridgehead atoms. The Hall–Kier alpha value is -3.38. The number of amides is 2. The first-order chi connectivity index (χ1) is 15.8. The van der Waals surface area contributed by atoms with Gasteiger partial charge in [0, 0.05) is 13.1 Å². The summed E-state index contributed by atoms with van der Waals surface area (Å²) in [7, 11) is -3.25. The molecule has 1 fully saturated rings. The number of piperidine rings is 1. The van der Waals surface area contributed by atoms with E-state index in [9.17, 15) is 28.4 Å². The molecule has 0 radical (unpaired) electrons. The van der Waals surface area contributed by atoms with E-state index >= 15 is 0 Å². The van der Waals surface area contributed by atoms with E-state index in [1.54, 1.807) is 43.3 Å². The second-order valence-corrected chi connectivity index (χ2v) is 10.2. The normalized spacial score (nSPS) is 17.1. The molecule has 0 aromatic heterocycles. The Bertz CT molecular complexity index is 1140. The molecule has 2 amide bonds. The maximum absolute atomic E-state index is 12.6. The van der Waals surface area contributed by atoms with Crippen molar-refractivity contribution in [3.05, 3.63) is 54.1 Å². The smallest absolute Gasteiger partial charge is 0.407 e. The van der Waals surface area contributed by atoms with Gasteiger partial charge in [0.25, 0.3) is 0 Å². The third kappa shape index (κ3) is 5.71. The number of nitriles is 1. The second kappa shape index (κ2) is 10.5. The number of benzene rings is 2. The molecule has 0 aliphatic carbocycles. The van der Waals surface area contributed by atoms with Gasteiger partial charge in [0.05, 0.1) is 22.6 Å². The molecule has 1 unspecified atom stereocenters. The number of hydrogen-bond acceptors (Lipinski definition) is 5. The maximum atomic E-state index is 12.6. The van der Waals surface area contributed by atoms with Crippen molar-refractivity contribution in [1.29, 1.82) is 5.26 Å². The van der Waals surface area contributed by atoms with Gasteiger partial charge in [-0.2, -0.15) is 5.26 Å². The minimum Gasteiger partial charge on any atom is -0.465 e. The highest BCUT2D eigenvalue weighted by Gasteiger charge is 2.32. The first-order valence-corrected chi connectivity index (χ1v) is 12.5. The quantitative estimate of drug-likeness (QED) is 0.640. The topological polar surface area (TPSA) is 128 Å². The molecule has 2 aromatic carbocycles. The van der Waals surface area contributed by atoms with E-state index in [1.807, 2.05) is 12.1 Å². The van der Waals surface area contributed by atoms with Crippen LogP contribution in [0.4, 0.5) is 4.79 Å². The van der Waals surface area contributed by atoms with Crippen LogP contribution in [0.5, 0.6) is 0 Å². The predicted molar refractivity (Wildman–Crippen MR) is 123 cm³/mol. The first-order valence-electron chi connectivity index (χ1n) is 10.9. The summed E-state index contributed by atoms with van der Waals surface area (Å²) in [5, 5.41) is 21.6. The Balaban J connectivity index is 1.66. The van der Waals surface area contributed by atoms with Crippen LogP contribution in [0.15, 0.2) is 53.4 Å². The molecule has 174 valence electrons. The van der Waals surface area contributed by atoms with Gasteiger partial charge in [-0.1, -0.05) is 43.3 Å². The monoisotopic (exact) mass is 469 g/mol. The summed E-state index contributed by atoms with van der Waals surface area (Å²) in [6.07, 6.45) is 0.890. The Morgan fingerprint density at radius 1 is 1.12 bits per heavy atom. The zero-order valence-electron chi connectivity index (χ0n) is 18.4. The van der Waals surface area contributed by atoms with Crippen LogP contribution in [0.2, 0.25) is 0 Å². The average Bonchev–Trinajstić information content (AvgIpc) is 2.84. The van der Waals surface area contributed by atoms with Crippen LogP contribution >= 0.6 is 0 Å². The van der Waals surface area contributed by atoms with Gasteiger partial charge in [-0.15, -0.1) is 0 Å². The lowest BCUT2D eigenvalue weighted by atomic mass is 9.96. The number of nitrogens with one attached hydrogen (secondary N) is 1. The van der Waals surface area contributed by atoms with E-state index in [0.29, 0.717) is 13.0 Å². The van der Waals surface area contributed by atoms with Gasteiger partial charge < -0.3 is 10.4 Å². The fourth-order valence-electron chi connectivity index (χ4n) is 3.92. The van der Waals surface area contributed by atoms with Gasteiger partial charge in [-0.25, -0.2) is 13.2 Å². The number of hydrogen-bond donors (Lipinski definition) is 2. The molecule has 1 aliphatic rings. The summed E-state index contributed by atoms with van der Waals surface area (Å²) >= 11 is 0. The van der Waals surface area contributed by atoms with Crippen LogP contribution < -0.4 is 5.32 Å². The molecule has 1 aliphatic heterocycles. The summed E-state index contributed by atoms with van der Waals surface area (Å²) in [5.41, 5.74) is 2.45. The van der Waals surface area contributed by atoms with Gasteiger partial charge in [0.15, 0.2) is 9.84 Å². The van der Waals surface area contributed by atoms with Gasteiger partial charge >= 0.3 is 6.09 Å². The van der Waals surface area contributed by atoms with Gasteiger partial charge in [-0.3, -0.25) is 9.69 Å². The fraction of sp³-hybridized carbons (Fsp3) is 0.375. The molecule has 2 atom stereocenters. The van der Waals surface area contributed by atoms with Crippen molar-refractivity contribution >= 4 is 21.8 Å². The average molecular weight is 470 g/mol. The van der Waals surface area contributed by atoms with Crippen molar-refractivity contribution in [3.63, 3.8) is 0 Å². The van der Waals surface area contributed by atoms with E-state index in [-0.39, 0.29) is 23.1 Å². The van der Waals surface area contributed by atoms with Crippen LogP contribution in [-0.4, -0.2) is 55.3 Å². The zero-order chi connectivity index (χ0) is 24.0. The van der Waals surface area contributed by atoms with Crippen LogP contribution in [0.25, 0.3) is 11.1 Å². The van der Waals surface area contributed by atoms with Crippen molar-refractivity contribution in [2.24, 2.45) is 0 Å². The number of rotatable bonds is 7. The second-order valence-electron chi connectivity index (χ2n) is 7.96. The van der Waals surface area contributed by atoms with E-state index < -0.39 is 27.9 Å². The molecule has 8 nitrogen and oxygen atoms in total. The highest BCUT2D eigenvalue weighted by atomic mass is 32.2. The fourth-order valence-corrected chi connectivity index (χ4v) is 4.80. The number of carboxylic acid groups (broad SMARTS) is 1. The molecule has 1 heterocycles. The van der Waals surface area contributed by atoms with Crippen LogP contribution in [-0.2, 0) is 14.6 Å². The molecular weight excluding hydrogens is 442 g/mol. The molecule has 1 saturated heterocycles. The zero-order valence-corrected chi connectivity index (χ0v) is 19.2. The number of carbonyl (C=O) groups excluding carboxylic acids is 1. The molecule has 2 N–H and O–H groups in total. The molecule has 0 spiro atoms. The summed E-state index contributed by atoms with van der Waals surface area (Å²) in [4.78, 5) is 25.4. The van der Waals surface area contributed by atoms with E-state index in [0.717, 1.165) is 34.4 Å². The minimum absolute atomic E-state index is 0.0439. The van der Waals surface area contributed by atoms with Gasteiger partial charge in [0.2, 0.25) is 5.91 Å². The number of carbonyl (C=O) groups is 2. The molecule has 33 heavy (non-hydrogen) atoms. The summed E-state index contributed by atoms with van der Waals surface area (Å²) < 4.78 is 23.9. The van der Waals surface area contributed by atoms with Crippen molar-refractivity contribution in [2.75, 3.05) is 18.8 Å². The molecule has 3 rings (SSSR count). The molecular formula is C24H27N3O5S. The maximum Gasteiger partial charge on any atom is 0.407 e. The third-order valence-electron chi connectivity index (χ3n) is 5.93. The lowest BCUT2D eigenvalue weighted by Gasteiger charge is -2.32. The SMILES string of the molecule is CCS(=O)(=O)c1ccc(-c2ccc([C@@H](C#N)CNC(=O)C3CCCCN3C(=O)O)cc2)cc1. The van der Waals surface area contributed by atoms with E-state index in [1.165, 1.54) is 0 Å². The van der Waals surface area contributed by atoms with Crippen molar-refractivity contribution in [1.82, 2.24) is 10.2 Å². The summed E-state index contributed by atoms with van der Waals surface area (Å²) in [6, 6.07) is 15.4. The largest absolute Gasteiger partial charge is 0.465 e. The number of nitrogens with zero attached hydrogens (tertiary/aromatic N) is 2. The Morgan fingerprint density at radius 3 is 2.27 bits per heavy atom. The highest BCUT2D eigenvalue weighted by Crippen LogP contribution is 2.25. The van der Waals surface area contributed by atoms with Crippen molar-refractivity contribution in [3.8, 4) is 17.2 Å². The van der Waals surface area contributed by atoms with E-state index in [4.69, 9.17) is 0 Å². The lowest BCUT2D eigenvalue weighted by molar-refractivity contribution is -0.126.